The number of carbonyl (C=O) groups excluding carboxylic acids is 2. The number of hydrogen-bond acceptors (Lipinski definition) is 2. The molecule has 0 spiro atoms. The molecule has 3 rings (SSSR count). The number of benzene rings is 3. The van der Waals surface area contributed by atoms with Crippen LogP contribution in [0.1, 0.15) is 46.8 Å². The molecule has 0 aliphatic carbocycles. The van der Waals surface area contributed by atoms with Crippen molar-refractivity contribution in [3.05, 3.63) is 105 Å². The lowest BCUT2D eigenvalue weighted by Crippen LogP contribution is -2.30. The van der Waals surface area contributed by atoms with E-state index < -0.39 is 0 Å². The molecule has 5 heteroatoms. The predicted molar refractivity (Wildman–Crippen MR) is 134 cm³/mol. The molecule has 0 saturated heterocycles. The molecule has 32 heavy (non-hydrogen) atoms. The van der Waals surface area contributed by atoms with Crippen molar-refractivity contribution in [2.24, 2.45) is 0 Å². The van der Waals surface area contributed by atoms with E-state index >= 15 is 0 Å². The van der Waals surface area contributed by atoms with Crippen LogP contribution in [0, 0.1) is 6.92 Å². The average Bonchev–Trinajstić information content (AvgIpc) is 2.80. The summed E-state index contributed by atoms with van der Waals surface area (Å²) in [6.07, 6.45) is 4.92. The topological polar surface area (TPSA) is 58.2 Å². The van der Waals surface area contributed by atoms with Gasteiger partial charge in [0.15, 0.2) is 0 Å². The van der Waals surface area contributed by atoms with Gasteiger partial charge in [-0.15, -0.1) is 0 Å². The molecule has 0 fully saturated rings. The van der Waals surface area contributed by atoms with Crippen LogP contribution in [0.3, 0.4) is 0 Å². The van der Waals surface area contributed by atoms with E-state index in [4.69, 9.17) is 0 Å². The van der Waals surface area contributed by atoms with E-state index in [0.717, 1.165) is 34.9 Å². The molecule has 0 atom stereocenters. The highest BCUT2D eigenvalue weighted by Gasteiger charge is 2.15. The Labute approximate surface area is 197 Å². The second-order valence-electron chi connectivity index (χ2n) is 7.68. The molecule has 3 aromatic carbocycles. The van der Waals surface area contributed by atoms with Gasteiger partial charge >= 0.3 is 0 Å². The third kappa shape index (κ3) is 6.92. The maximum atomic E-state index is 13.0. The average molecular weight is 491 g/mol. The summed E-state index contributed by atoms with van der Waals surface area (Å²) in [5.74, 6) is -0.711. The van der Waals surface area contributed by atoms with E-state index in [1.807, 2.05) is 55.5 Å². The molecule has 0 radical (unpaired) electrons. The Hall–Kier alpha value is -3.18. The first-order valence-corrected chi connectivity index (χ1v) is 11.5. The normalized spacial score (nSPS) is 11.2. The van der Waals surface area contributed by atoms with Crippen molar-refractivity contribution < 1.29 is 9.59 Å². The summed E-state index contributed by atoms with van der Waals surface area (Å²) in [7, 11) is 0. The summed E-state index contributed by atoms with van der Waals surface area (Å²) in [5, 5.41) is 5.64. The number of nitrogens with one attached hydrogen (secondary N) is 2. The zero-order valence-corrected chi connectivity index (χ0v) is 19.9. The van der Waals surface area contributed by atoms with Gasteiger partial charge in [-0.25, -0.2) is 0 Å². The number of halogens is 1. The van der Waals surface area contributed by atoms with Crippen LogP contribution in [0.5, 0.6) is 0 Å². The maximum Gasteiger partial charge on any atom is 0.272 e. The zero-order chi connectivity index (χ0) is 22.9. The van der Waals surface area contributed by atoms with Crippen molar-refractivity contribution in [1.82, 2.24) is 5.32 Å². The molecule has 0 aliphatic rings. The molecule has 0 saturated carbocycles. The fraction of sp³-hybridized carbons (Fsp3) is 0.185. The van der Waals surface area contributed by atoms with E-state index in [2.05, 4.69) is 33.5 Å². The quantitative estimate of drug-likeness (QED) is 0.353. The van der Waals surface area contributed by atoms with Crippen LogP contribution in [-0.4, -0.2) is 11.8 Å². The highest BCUT2D eigenvalue weighted by atomic mass is 79.9. The molecule has 3 aromatic rings. The number of amides is 2. The Balaban J connectivity index is 1.81. The number of anilines is 1. The van der Waals surface area contributed by atoms with Crippen LogP contribution in [0.4, 0.5) is 5.69 Å². The summed E-state index contributed by atoms with van der Waals surface area (Å²) in [4.78, 5) is 25.9. The molecular formula is C27H27BrN2O2. The second kappa shape index (κ2) is 11.4. The standard InChI is InChI=1S/C27H27BrN2O2/c1-3-4-5-20-10-12-22(13-11-20)26(31)30-25(18-21-8-6-19(2)7-9-21)27(32)29-24-16-14-23(28)15-17-24/h6-18H,3-5H2,1-2H3,(H,29,32)(H,30,31). The first-order valence-electron chi connectivity index (χ1n) is 10.7. The van der Waals surface area contributed by atoms with Crippen LogP contribution in [0.25, 0.3) is 6.08 Å². The lowest BCUT2D eigenvalue weighted by molar-refractivity contribution is -0.113. The Morgan fingerprint density at radius 1 is 0.906 bits per heavy atom. The molecule has 0 aliphatic heterocycles. The number of aryl methyl sites for hydroxylation is 2. The van der Waals surface area contributed by atoms with Crippen LogP contribution in [0.15, 0.2) is 83.0 Å². The first kappa shape index (κ1) is 23.5. The third-order valence-electron chi connectivity index (χ3n) is 5.02. The second-order valence-corrected chi connectivity index (χ2v) is 8.60. The molecule has 0 aromatic heterocycles. The summed E-state index contributed by atoms with van der Waals surface area (Å²) in [6.45, 7) is 4.16. The van der Waals surface area contributed by atoms with Crippen LogP contribution in [0.2, 0.25) is 0 Å². The van der Waals surface area contributed by atoms with Gasteiger partial charge in [-0.3, -0.25) is 9.59 Å². The Bertz CT molecular complexity index is 1090. The zero-order valence-electron chi connectivity index (χ0n) is 18.3. The molecule has 2 N–H and O–H groups in total. The third-order valence-corrected chi connectivity index (χ3v) is 5.55. The van der Waals surface area contributed by atoms with Gasteiger partial charge in [0.05, 0.1) is 0 Å². The van der Waals surface area contributed by atoms with E-state index in [1.165, 1.54) is 5.56 Å². The minimum atomic E-state index is -0.388. The highest BCUT2D eigenvalue weighted by molar-refractivity contribution is 9.10. The number of unbranched alkanes of at least 4 members (excludes halogenated alkanes) is 1. The smallest absolute Gasteiger partial charge is 0.272 e. The molecule has 164 valence electrons. The van der Waals surface area contributed by atoms with Gasteiger partial charge in [0.25, 0.3) is 11.8 Å². The van der Waals surface area contributed by atoms with Gasteiger partial charge in [0.2, 0.25) is 0 Å². The molecule has 0 heterocycles. The van der Waals surface area contributed by atoms with E-state index in [-0.39, 0.29) is 17.5 Å². The van der Waals surface area contributed by atoms with Crippen LogP contribution >= 0.6 is 15.9 Å². The minimum Gasteiger partial charge on any atom is -0.321 e. The molecule has 4 nitrogen and oxygen atoms in total. The predicted octanol–water partition coefficient (Wildman–Crippen LogP) is 6.51. The van der Waals surface area contributed by atoms with Gasteiger partial charge in [-0.05, 0) is 73.4 Å². The fourth-order valence-electron chi connectivity index (χ4n) is 3.12. The summed E-state index contributed by atoms with van der Waals surface area (Å²) >= 11 is 3.39. The Kier molecular flexibility index (Phi) is 8.40. The Morgan fingerprint density at radius 3 is 2.19 bits per heavy atom. The Morgan fingerprint density at radius 2 is 1.56 bits per heavy atom. The largest absolute Gasteiger partial charge is 0.321 e. The summed E-state index contributed by atoms with van der Waals surface area (Å²) in [5.41, 5.74) is 4.48. The minimum absolute atomic E-state index is 0.178. The molecule has 0 bridgehead atoms. The van der Waals surface area contributed by atoms with Gasteiger partial charge in [-0.2, -0.15) is 0 Å². The SMILES string of the molecule is CCCCc1ccc(C(=O)NC(=Cc2ccc(C)cc2)C(=O)Nc2ccc(Br)cc2)cc1. The van der Waals surface area contributed by atoms with Gasteiger partial charge in [0, 0.05) is 15.7 Å². The van der Waals surface area contributed by atoms with E-state index in [0.29, 0.717) is 11.3 Å². The fourth-order valence-corrected chi connectivity index (χ4v) is 3.38. The summed E-state index contributed by atoms with van der Waals surface area (Å²) < 4.78 is 0.918. The van der Waals surface area contributed by atoms with Crippen molar-refractivity contribution in [2.75, 3.05) is 5.32 Å². The lowest BCUT2D eigenvalue weighted by Gasteiger charge is -2.12. The van der Waals surface area contributed by atoms with Crippen LogP contribution in [-0.2, 0) is 11.2 Å². The van der Waals surface area contributed by atoms with Crippen LogP contribution < -0.4 is 10.6 Å². The van der Waals surface area contributed by atoms with E-state index in [1.54, 1.807) is 30.3 Å². The van der Waals surface area contributed by atoms with E-state index in [9.17, 15) is 9.59 Å². The van der Waals surface area contributed by atoms with Crippen molar-refractivity contribution in [3.63, 3.8) is 0 Å². The maximum absolute atomic E-state index is 13.0. The highest BCUT2D eigenvalue weighted by Crippen LogP contribution is 2.16. The van der Waals surface area contributed by atoms with Crippen molar-refractivity contribution >= 4 is 39.5 Å². The monoisotopic (exact) mass is 490 g/mol. The van der Waals surface area contributed by atoms with Crippen molar-refractivity contribution in [2.45, 2.75) is 33.1 Å². The molecular weight excluding hydrogens is 464 g/mol. The van der Waals surface area contributed by atoms with Gasteiger partial charge in [0.1, 0.15) is 5.70 Å². The van der Waals surface area contributed by atoms with Gasteiger partial charge in [-0.1, -0.05) is 71.2 Å². The number of hydrogen-bond donors (Lipinski definition) is 2. The van der Waals surface area contributed by atoms with Crippen molar-refractivity contribution in [1.29, 1.82) is 0 Å². The number of rotatable bonds is 8. The first-order chi connectivity index (χ1) is 15.4. The number of carbonyl (C=O) groups is 2. The van der Waals surface area contributed by atoms with Crippen molar-refractivity contribution in [3.8, 4) is 0 Å². The summed E-state index contributed by atoms with van der Waals surface area (Å²) in [6, 6.07) is 22.6. The van der Waals surface area contributed by atoms with Gasteiger partial charge < -0.3 is 10.6 Å². The molecule has 0 unspecified atom stereocenters. The molecule has 2 amide bonds. The lowest BCUT2D eigenvalue weighted by atomic mass is 10.1.